The molecule has 2 aromatic heterocycles. The second-order valence-electron chi connectivity index (χ2n) is 9.34. The molecule has 2 amide bonds. The maximum absolute atomic E-state index is 12.6. The number of aromatic nitrogens is 2. The highest BCUT2D eigenvalue weighted by Gasteiger charge is 2.41. The molecule has 12 nitrogen and oxygen atoms in total. The topological polar surface area (TPSA) is 185 Å². The van der Waals surface area contributed by atoms with Crippen molar-refractivity contribution in [1.29, 1.82) is 0 Å². The van der Waals surface area contributed by atoms with E-state index in [4.69, 9.17) is 11.5 Å². The Balaban J connectivity index is 1.27. The predicted octanol–water partition coefficient (Wildman–Crippen LogP) is 1.81. The van der Waals surface area contributed by atoms with Crippen LogP contribution in [0.3, 0.4) is 0 Å². The van der Waals surface area contributed by atoms with Crippen molar-refractivity contribution in [2.24, 2.45) is 21.5 Å². The van der Waals surface area contributed by atoms with Crippen molar-refractivity contribution < 1.29 is 9.59 Å². The molecule has 0 aromatic carbocycles. The van der Waals surface area contributed by atoms with Crippen LogP contribution >= 0.6 is 46.2 Å². The van der Waals surface area contributed by atoms with E-state index in [2.05, 4.69) is 41.2 Å². The maximum Gasteiger partial charge on any atom is 0.267 e. The van der Waals surface area contributed by atoms with Crippen LogP contribution in [-0.4, -0.2) is 73.5 Å². The van der Waals surface area contributed by atoms with E-state index in [9.17, 15) is 9.59 Å². The van der Waals surface area contributed by atoms with E-state index < -0.39 is 9.74 Å². The molecule has 0 spiro atoms. The second-order valence-corrected chi connectivity index (χ2v) is 13.1. The van der Waals surface area contributed by atoms with Crippen molar-refractivity contribution >= 4 is 70.4 Å². The fraction of sp³-hybridized carbons (Fsp3) is 0.462. The summed E-state index contributed by atoms with van der Waals surface area (Å²) < 4.78 is 0. The van der Waals surface area contributed by atoms with Crippen LogP contribution in [0.4, 0.5) is 0 Å². The van der Waals surface area contributed by atoms with Gasteiger partial charge in [-0.25, -0.2) is 9.97 Å². The quantitative estimate of drug-likeness (QED) is 0.109. The monoisotopic (exact) mass is 648 g/mol. The number of amides is 2. The number of hydrogen-bond donors (Lipinski definition) is 6. The summed E-state index contributed by atoms with van der Waals surface area (Å²) >= 11 is 6.09. The number of nitrogens with two attached hydrogens (primary N) is 2. The molecule has 226 valence electrons. The first-order valence-electron chi connectivity index (χ1n) is 13.5. The van der Waals surface area contributed by atoms with E-state index in [1.807, 2.05) is 27.8 Å². The van der Waals surface area contributed by atoms with Gasteiger partial charge in [0, 0.05) is 66.5 Å². The smallest absolute Gasteiger partial charge is 0.267 e. The molecule has 2 aliphatic heterocycles. The van der Waals surface area contributed by atoms with Gasteiger partial charge in [-0.3, -0.25) is 19.6 Å². The van der Waals surface area contributed by atoms with E-state index in [1.165, 1.54) is 34.4 Å². The van der Waals surface area contributed by atoms with Gasteiger partial charge in [-0.05, 0) is 25.9 Å². The average molecular weight is 649 g/mol. The number of thiazole rings is 2. The van der Waals surface area contributed by atoms with Crippen LogP contribution in [0, 0.1) is 0 Å². The fourth-order valence-electron chi connectivity index (χ4n) is 4.10. The van der Waals surface area contributed by atoms with E-state index in [-0.39, 0.29) is 11.8 Å². The summed E-state index contributed by atoms with van der Waals surface area (Å²) in [4.78, 5) is 42.1. The van der Waals surface area contributed by atoms with Crippen LogP contribution < -0.4 is 32.7 Å². The summed E-state index contributed by atoms with van der Waals surface area (Å²) in [7, 11) is 0. The highest BCUT2D eigenvalue weighted by Crippen LogP contribution is 2.44. The molecule has 0 bridgehead atoms. The molecule has 4 heterocycles. The van der Waals surface area contributed by atoms with E-state index in [1.54, 1.807) is 29.0 Å². The van der Waals surface area contributed by atoms with Crippen LogP contribution in [0.15, 0.2) is 54.0 Å². The zero-order valence-electron chi connectivity index (χ0n) is 23.1. The number of nitrogens with zero attached hydrogens (tertiary/aromatic N) is 4. The summed E-state index contributed by atoms with van der Waals surface area (Å²) in [6, 6.07) is 0. The molecule has 0 fully saturated rings. The molecule has 2 aromatic rings. The third-order valence-electron chi connectivity index (χ3n) is 6.36. The molecule has 8 N–H and O–H groups in total. The molecule has 0 saturated carbocycles. The fourth-order valence-corrected chi connectivity index (χ4v) is 7.66. The van der Waals surface area contributed by atoms with Gasteiger partial charge in [0.25, 0.3) is 11.8 Å². The Morgan fingerprint density at radius 2 is 1.43 bits per heavy atom. The zero-order valence-corrected chi connectivity index (χ0v) is 26.3. The van der Waals surface area contributed by atoms with Crippen LogP contribution in [0.5, 0.6) is 0 Å². The molecule has 0 saturated heterocycles. The summed E-state index contributed by atoms with van der Waals surface area (Å²) in [5.74, 6) is -0.303. The second kappa shape index (κ2) is 16.2. The Hall–Kier alpha value is -2.76. The summed E-state index contributed by atoms with van der Waals surface area (Å²) in [6.07, 6.45) is 6.28. The molecular weight excluding hydrogens is 613 g/mol. The van der Waals surface area contributed by atoms with Crippen molar-refractivity contribution in [1.82, 2.24) is 31.2 Å². The average Bonchev–Trinajstić information content (AvgIpc) is 3.81. The Kier molecular flexibility index (Phi) is 12.4. The van der Waals surface area contributed by atoms with Gasteiger partial charge in [-0.15, -0.1) is 22.7 Å². The van der Waals surface area contributed by atoms with Gasteiger partial charge in [0.2, 0.25) is 0 Å². The Morgan fingerprint density at radius 3 is 2.00 bits per heavy atom. The van der Waals surface area contributed by atoms with Crippen molar-refractivity contribution in [3.8, 4) is 0 Å². The number of aliphatic imine (C=N–C) groups is 2. The number of thioether (sulfide) groups is 2. The SMILES string of the molecule is NCCCNC(=O)C1=CSC(CC=NCC=NCCC2(c3cscn3)NC(C(=O)NCCCN)=CS2)(c2cscn2)N1. The van der Waals surface area contributed by atoms with Crippen LogP contribution in [0.2, 0.25) is 0 Å². The molecule has 2 atom stereocenters. The molecule has 0 aliphatic carbocycles. The lowest BCUT2D eigenvalue weighted by Gasteiger charge is -2.27. The summed E-state index contributed by atoms with van der Waals surface area (Å²) in [6.45, 7) is 3.09. The number of carbonyl (C=O) groups excluding carboxylic acids is 2. The summed E-state index contributed by atoms with van der Waals surface area (Å²) in [5.41, 5.74) is 17.4. The first-order valence-corrected chi connectivity index (χ1v) is 17.2. The van der Waals surface area contributed by atoms with E-state index in [0.717, 1.165) is 24.2 Å². The third kappa shape index (κ3) is 8.41. The van der Waals surface area contributed by atoms with Crippen LogP contribution in [-0.2, 0) is 19.3 Å². The normalized spacial score (nSPS) is 21.8. The first kappa shape index (κ1) is 32.2. The molecule has 16 heteroatoms. The number of carbonyl (C=O) groups is 2. The Bertz CT molecular complexity index is 1280. The maximum atomic E-state index is 12.6. The molecule has 42 heavy (non-hydrogen) atoms. The summed E-state index contributed by atoms with van der Waals surface area (Å²) in [5, 5.41) is 20.2. The molecule has 0 radical (unpaired) electrons. The largest absolute Gasteiger partial charge is 0.361 e. The minimum atomic E-state index is -0.590. The standard InChI is InChI=1S/C26H36N10O2S4/c27-5-1-7-31-23(37)19-13-41-25(35-19,21-15-39-17-33-21)3-9-29-11-12-30-10-4-26(22-16-40-18-34-22)36-20(14-42-26)24(38)32-8-2-6-28/h9,12-18,35-36H,1-8,10-11,27-28H2,(H,31,37)(H,32,38). The lowest BCUT2D eigenvalue weighted by molar-refractivity contribution is -0.118. The van der Waals surface area contributed by atoms with Gasteiger partial charge in [-0.1, -0.05) is 23.5 Å². The van der Waals surface area contributed by atoms with Crippen LogP contribution in [0.25, 0.3) is 0 Å². The van der Waals surface area contributed by atoms with E-state index in [0.29, 0.717) is 63.5 Å². The van der Waals surface area contributed by atoms with Crippen molar-refractivity contribution in [3.05, 3.63) is 55.4 Å². The Labute approximate surface area is 261 Å². The van der Waals surface area contributed by atoms with Gasteiger partial charge in [-0.2, -0.15) is 0 Å². The highest BCUT2D eigenvalue weighted by molar-refractivity contribution is 8.03. The van der Waals surface area contributed by atoms with Crippen molar-refractivity contribution in [3.63, 3.8) is 0 Å². The Morgan fingerprint density at radius 1 is 0.857 bits per heavy atom. The van der Waals surface area contributed by atoms with Gasteiger partial charge in [0.1, 0.15) is 21.1 Å². The number of nitrogens with one attached hydrogen (secondary N) is 4. The minimum Gasteiger partial charge on any atom is -0.361 e. The lowest BCUT2D eigenvalue weighted by atomic mass is 10.1. The lowest BCUT2D eigenvalue weighted by Crippen LogP contribution is -2.41. The van der Waals surface area contributed by atoms with Gasteiger partial charge in [0.05, 0.1) is 29.0 Å². The highest BCUT2D eigenvalue weighted by atomic mass is 32.2. The molecule has 4 rings (SSSR count). The van der Waals surface area contributed by atoms with E-state index >= 15 is 0 Å². The number of hydrogen-bond acceptors (Lipinski definition) is 14. The third-order valence-corrected chi connectivity index (χ3v) is 10.0. The van der Waals surface area contributed by atoms with Gasteiger partial charge >= 0.3 is 0 Å². The van der Waals surface area contributed by atoms with Crippen molar-refractivity contribution in [2.45, 2.75) is 35.4 Å². The first-order chi connectivity index (χ1) is 20.5. The number of rotatable bonds is 17. The molecule has 2 unspecified atom stereocenters. The zero-order chi connectivity index (χ0) is 29.7. The van der Waals surface area contributed by atoms with Crippen molar-refractivity contribution in [2.75, 3.05) is 39.3 Å². The molecular formula is C26H36N10O2S4. The van der Waals surface area contributed by atoms with Gasteiger partial charge in [0.15, 0.2) is 0 Å². The van der Waals surface area contributed by atoms with Gasteiger partial charge < -0.3 is 32.7 Å². The molecule has 2 aliphatic rings. The predicted molar refractivity (Wildman–Crippen MR) is 175 cm³/mol. The minimum absolute atomic E-state index is 0.147. The van der Waals surface area contributed by atoms with Crippen LogP contribution in [0.1, 0.15) is 37.1 Å².